The van der Waals surface area contributed by atoms with Gasteiger partial charge in [0.1, 0.15) is 17.2 Å². The molecule has 1 aromatic rings. The van der Waals surface area contributed by atoms with Gasteiger partial charge in [0.15, 0.2) is 0 Å². The van der Waals surface area contributed by atoms with Gasteiger partial charge in [0.2, 0.25) is 0 Å². The number of benzene rings is 1. The van der Waals surface area contributed by atoms with Gasteiger partial charge in [0.05, 0.1) is 26.9 Å². The number of carbonyl (C=O) groups is 2. The third-order valence-electron chi connectivity index (χ3n) is 3.86. The lowest BCUT2D eigenvalue weighted by molar-refractivity contribution is -0.123. The smallest absolute Gasteiger partial charge is 0.329 e. The number of β-amino-alcohol motifs (C(OH)–C–C–N with tert-alkyl or cyclic N) is 1. The van der Waals surface area contributed by atoms with E-state index in [1.54, 1.807) is 25.3 Å². The molecular weight excluding hydrogens is 338 g/mol. The molecule has 142 valence electrons. The molecule has 1 aliphatic rings. The highest BCUT2D eigenvalue weighted by atomic mass is 16.5. The minimum absolute atomic E-state index is 0.0819. The van der Waals surface area contributed by atoms with Crippen LogP contribution in [-0.2, 0) is 4.79 Å². The van der Waals surface area contributed by atoms with Crippen LogP contribution in [0, 0.1) is 0 Å². The molecule has 0 aliphatic carbocycles. The van der Waals surface area contributed by atoms with Crippen molar-refractivity contribution >= 4 is 18.0 Å². The molecule has 0 aromatic heterocycles. The Labute approximate surface area is 152 Å². The molecule has 1 atom stereocenters. The number of rotatable bonds is 8. The molecular formula is C18H25N3O5. The number of carbonyl (C=O) groups excluding carboxylic acids is 2. The van der Waals surface area contributed by atoms with E-state index in [-0.39, 0.29) is 18.3 Å². The van der Waals surface area contributed by atoms with Gasteiger partial charge < -0.3 is 25.2 Å². The van der Waals surface area contributed by atoms with Crippen LogP contribution in [0.4, 0.5) is 4.79 Å². The summed E-state index contributed by atoms with van der Waals surface area (Å²) in [5, 5.41) is 15.6. The van der Waals surface area contributed by atoms with Gasteiger partial charge in [-0.2, -0.15) is 0 Å². The molecule has 1 aromatic carbocycles. The van der Waals surface area contributed by atoms with Gasteiger partial charge in [-0.15, -0.1) is 0 Å². The molecule has 8 nitrogen and oxygen atoms in total. The Kier molecular flexibility index (Phi) is 6.59. The van der Waals surface area contributed by atoms with E-state index in [0.29, 0.717) is 23.6 Å². The number of aliphatic hydroxyl groups excluding tert-OH is 1. The summed E-state index contributed by atoms with van der Waals surface area (Å²) in [4.78, 5) is 25.6. The number of methoxy groups -OCH3 is 2. The van der Waals surface area contributed by atoms with Crippen LogP contribution in [0.3, 0.4) is 0 Å². The molecule has 1 aliphatic heterocycles. The lowest BCUT2D eigenvalue weighted by Crippen LogP contribution is -2.42. The van der Waals surface area contributed by atoms with Crippen molar-refractivity contribution < 1.29 is 24.2 Å². The highest BCUT2D eigenvalue weighted by molar-refractivity contribution is 6.14. The van der Waals surface area contributed by atoms with Gasteiger partial charge >= 0.3 is 6.03 Å². The Bertz CT molecular complexity index is 702. The zero-order chi connectivity index (χ0) is 19.3. The first-order valence-electron chi connectivity index (χ1n) is 8.33. The lowest BCUT2D eigenvalue weighted by Gasteiger charge is -2.18. The van der Waals surface area contributed by atoms with Gasteiger partial charge in [0, 0.05) is 24.2 Å². The summed E-state index contributed by atoms with van der Waals surface area (Å²) in [5.74, 6) is 0.642. The minimum atomic E-state index is -0.845. The normalized spacial score (nSPS) is 17.0. The molecule has 0 bridgehead atoms. The zero-order valence-corrected chi connectivity index (χ0v) is 15.4. The largest absolute Gasteiger partial charge is 0.497 e. The highest BCUT2D eigenvalue weighted by Crippen LogP contribution is 2.27. The third kappa shape index (κ3) is 4.74. The number of aliphatic hydroxyl groups is 1. The number of hydrogen-bond acceptors (Lipinski definition) is 6. The Balaban J connectivity index is 2.14. The van der Waals surface area contributed by atoms with Crippen molar-refractivity contribution in [2.45, 2.75) is 26.0 Å². The Morgan fingerprint density at radius 2 is 2.00 bits per heavy atom. The SMILES string of the molecule is COc1ccc(/C=C2\NC(=O)N(CC(O)CNC(C)C)C2=O)c(OC)c1. The van der Waals surface area contributed by atoms with Crippen LogP contribution in [0.1, 0.15) is 19.4 Å². The monoisotopic (exact) mass is 363 g/mol. The van der Waals surface area contributed by atoms with Crippen molar-refractivity contribution in [1.82, 2.24) is 15.5 Å². The van der Waals surface area contributed by atoms with Crippen LogP contribution < -0.4 is 20.1 Å². The van der Waals surface area contributed by atoms with Crippen molar-refractivity contribution in [1.29, 1.82) is 0 Å². The van der Waals surface area contributed by atoms with Crippen LogP contribution in [0.5, 0.6) is 11.5 Å². The number of amides is 3. The number of nitrogens with zero attached hydrogens (tertiary/aromatic N) is 1. The quantitative estimate of drug-likeness (QED) is 0.470. The molecule has 1 heterocycles. The van der Waals surface area contributed by atoms with Gasteiger partial charge in [-0.25, -0.2) is 4.79 Å². The second-order valence-corrected chi connectivity index (χ2v) is 6.23. The molecule has 8 heteroatoms. The Hall–Kier alpha value is -2.58. The second-order valence-electron chi connectivity index (χ2n) is 6.23. The maximum Gasteiger partial charge on any atom is 0.329 e. The first-order chi connectivity index (χ1) is 12.3. The Morgan fingerprint density at radius 3 is 2.62 bits per heavy atom. The fraction of sp³-hybridized carbons (Fsp3) is 0.444. The zero-order valence-electron chi connectivity index (χ0n) is 15.4. The standard InChI is InChI=1S/C18H25N3O5/c1-11(2)19-9-13(22)10-21-17(23)15(20-18(21)24)7-12-5-6-14(25-3)8-16(12)26-4/h5-8,11,13,19,22H,9-10H2,1-4H3,(H,20,24)/b15-7-. The van der Waals surface area contributed by atoms with Crippen LogP contribution in [-0.4, -0.2) is 61.4 Å². The highest BCUT2D eigenvalue weighted by Gasteiger charge is 2.34. The molecule has 0 saturated carbocycles. The Morgan fingerprint density at radius 1 is 1.27 bits per heavy atom. The average molecular weight is 363 g/mol. The van der Waals surface area contributed by atoms with Crippen LogP contribution in [0.2, 0.25) is 0 Å². The predicted octanol–water partition coefficient (Wildman–Crippen LogP) is 0.955. The maximum absolute atomic E-state index is 12.5. The summed E-state index contributed by atoms with van der Waals surface area (Å²) >= 11 is 0. The second kappa shape index (κ2) is 8.68. The van der Waals surface area contributed by atoms with E-state index in [1.807, 2.05) is 13.8 Å². The van der Waals surface area contributed by atoms with E-state index < -0.39 is 18.0 Å². The van der Waals surface area contributed by atoms with Crippen LogP contribution in [0.25, 0.3) is 6.08 Å². The van der Waals surface area contributed by atoms with E-state index in [4.69, 9.17) is 9.47 Å². The summed E-state index contributed by atoms with van der Waals surface area (Å²) in [6.07, 6.45) is 0.694. The van der Waals surface area contributed by atoms with E-state index in [2.05, 4.69) is 10.6 Å². The van der Waals surface area contributed by atoms with Gasteiger partial charge in [0.25, 0.3) is 5.91 Å². The fourth-order valence-corrected chi connectivity index (χ4v) is 2.48. The van der Waals surface area contributed by atoms with Crippen molar-refractivity contribution in [3.63, 3.8) is 0 Å². The number of ether oxygens (including phenoxy) is 2. The van der Waals surface area contributed by atoms with Crippen LogP contribution >= 0.6 is 0 Å². The van der Waals surface area contributed by atoms with Crippen molar-refractivity contribution in [3.8, 4) is 11.5 Å². The summed E-state index contributed by atoms with van der Waals surface area (Å²) in [6.45, 7) is 4.11. The van der Waals surface area contributed by atoms with E-state index in [1.165, 1.54) is 13.2 Å². The number of hydrogen-bond donors (Lipinski definition) is 3. The molecule has 3 N–H and O–H groups in total. The van der Waals surface area contributed by atoms with Crippen molar-refractivity contribution in [2.75, 3.05) is 27.3 Å². The van der Waals surface area contributed by atoms with Crippen molar-refractivity contribution in [2.24, 2.45) is 0 Å². The predicted molar refractivity (Wildman–Crippen MR) is 96.9 cm³/mol. The molecule has 1 saturated heterocycles. The summed E-state index contributed by atoms with van der Waals surface area (Å²) in [6, 6.07) is 4.79. The first-order valence-corrected chi connectivity index (χ1v) is 8.33. The molecule has 1 fully saturated rings. The van der Waals surface area contributed by atoms with Gasteiger partial charge in [-0.05, 0) is 18.2 Å². The molecule has 3 amide bonds. The molecule has 2 rings (SSSR count). The van der Waals surface area contributed by atoms with Crippen LogP contribution in [0.15, 0.2) is 23.9 Å². The first kappa shape index (κ1) is 19.7. The average Bonchev–Trinajstić information content (AvgIpc) is 2.87. The summed E-state index contributed by atoms with van der Waals surface area (Å²) in [7, 11) is 3.06. The lowest BCUT2D eigenvalue weighted by atomic mass is 10.1. The van der Waals surface area contributed by atoms with Crippen molar-refractivity contribution in [3.05, 3.63) is 29.5 Å². The third-order valence-corrected chi connectivity index (χ3v) is 3.86. The molecule has 0 radical (unpaired) electrons. The van der Waals surface area contributed by atoms with E-state index in [9.17, 15) is 14.7 Å². The minimum Gasteiger partial charge on any atom is -0.497 e. The number of nitrogens with one attached hydrogen (secondary N) is 2. The molecule has 0 spiro atoms. The topological polar surface area (TPSA) is 100 Å². The van der Waals surface area contributed by atoms with E-state index in [0.717, 1.165) is 4.90 Å². The fourth-order valence-electron chi connectivity index (χ4n) is 2.48. The van der Waals surface area contributed by atoms with Gasteiger partial charge in [-0.1, -0.05) is 13.8 Å². The van der Waals surface area contributed by atoms with Gasteiger partial charge in [-0.3, -0.25) is 9.69 Å². The summed E-state index contributed by atoms with van der Waals surface area (Å²) < 4.78 is 10.4. The van der Waals surface area contributed by atoms with E-state index >= 15 is 0 Å². The molecule has 26 heavy (non-hydrogen) atoms. The molecule has 1 unspecified atom stereocenters. The maximum atomic E-state index is 12.5. The number of urea groups is 1. The summed E-state index contributed by atoms with van der Waals surface area (Å²) in [5.41, 5.74) is 0.753. The number of imide groups is 1.